The lowest BCUT2D eigenvalue weighted by atomic mass is 9.97. The summed E-state index contributed by atoms with van der Waals surface area (Å²) in [6.07, 6.45) is 7.65. The van der Waals surface area contributed by atoms with Gasteiger partial charge in [0, 0.05) is 31.2 Å². The van der Waals surface area contributed by atoms with Gasteiger partial charge in [0.1, 0.15) is 0 Å². The van der Waals surface area contributed by atoms with Crippen LogP contribution in [0.2, 0.25) is 0 Å². The number of carbonyl (C=O) groups excluding carboxylic acids is 2. The molecule has 0 saturated carbocycles. The molecular weight excluding hydrogens is 448 g/mol. The van der Waals surface area contributed by atoms with Crippen molar-refractivity contribution < 1.29 is 9.59 Å². The Morgan fingerprint density at radius 1 is 1.15 bits per heavy atom. The van der Waals surface area contributed by atoms with Crippen molar-refractivity contribution in [1.82, 2.24) is 25.6 Å². The van der Waals surface area contributed by atoms with Crippen LogP contribution in [0.5, 0.6) is 0 Å². The third kappa shape index (κ3) is 6.18. The minimum atomic E-state index is -0.435. The van der Waals surface area contributed by atoms with Gasteiger partial charge in [-0.3, -0.25) is 19.9 Å². The van der Waals surface area contributed by atoms with Crippen molar-refractivity contribution in [1.29, 1.82) is 0 Å². The van der Waals surface area contributed by atoms with Gasteiger partial charge in [0.25, 0.3) is 5.91 Å². The van der Waals surface area contributed by atoms with E-state index in [0.29, 0.717) is 28.9 Å². The third-order valence-corrected chi connectivity index (χ3v) is 6.61. The second-order valence-corrected chi connectivity index (χ2v) is 8.99. The number of para-hydroxylation sites is 1. The summed E-state index contributed by atoms with van der Waals surface area (Å²) in [5.41, 5.74) is 2.73. The monoisotopic (exact) mass is 476 g/mol. The molecule has 2 N–H and O–H groups in total. The highest BCUT2D eigenvalue weighted by molar-refractivity contribution is 8.03. The van der Waals surface area contributed by atoms with Gasteiger partial charge in [0.15, 0.2) is 0 Å². The van der Waals surface area contributed by atoms with E-state index in [4.69, 9.17) is 4.98 Å². The zero-order chi connectivity index (χ0) is 23.8. The van der Waals surface area contributed by atoms with E-state index in [2.05, 4.69) is 43.7 Å². The maximum absolute atomic E-state index is 11.9. The summed E-state index contributed by atoms with van der Waals surface area (Å²) < 4.78 is 0. The Labute approximate surface area is 203 Å². The van der Waals surface area contributed by atoms with Crippen LogP contribution in [0.15, 0.2) is 53.6 Å². The highest BCUT2D eigenvalue weighted by atomic mass is 32.2. The average Bonchev–Trinajstić information content (AvgIpc) is 2.88. The first-order valence-electron chi connectivity index (χ1n) is 11.3. The van der Waals surface area contributed by atoms with Crippen LogP contribution in [0.1, 0.15) is 24.2 Å². The Kier molecular flexibility index (Phi) is 8.21. The molecule has 0 bridgehead atoms. The predicted octanol–water partition coefficient (Wildman–Crippen LogP) is 3.01. The number of aromatic nitrogens is 3. The average molecular weight is 477 g/mol. The van der Waals surface area contributed by atoms with E-state index >= 15 is 0 Å². The van der Waals surface area contributed by atoms with Gasteiger partial charge >= 0.3 is 0 Å². The minimum absolute atomic E-state index is 0.384. The first kappa shape index (κ1) is 23.8. The SMILES string of the molecule is CS/C(=C\c1ccnc(N2CCC(CNCc3ccc4ccccc4n3)CC2)n1)C(=O)NC=O. The van der Waals surface area contributed by atoms with Crippen molar-refractivity contribution in [3.05, 3.63) is 65.0 Å². The zero-order valence-corrected chi connectivity index (χ0v) is 19.9. The third-order valence-electron chi connectivity index (χ3n) is 5.87. The molecule has 176 valence electrons. The molecule has 0 atom stereocenters. The summed E-state index contributed by atoms with van der Waals surface area (Å²) in [4.78, 5) is 38.9. The van der Waals surface area contributed by atoms with Crippen LogP contribution in [-0.2, 0) is 16.1 Å². The molecular formula is C25H28N6O2S. The highest BCUT2D eigenvalue weighted by Crippen LogP contribution is 2.22. The van der Waals surface area contributed by atoms with Gasteiger partial charge in [-0.15, -0.1) is 11.8 Å². The number of imide groups is 1. The van der Waals surface area contributed by atoms with Gasteiger partial charge in [-0.25, -0.2) is 9.97 Å². The second-order valence-electron chi connectivity index (χ2n) is 8.14. The van der Waals surface area contributed by atoms with Crippen molar-refractivity contribution in [3.63, 3.8) is 0 Å². The van der Waals surface area contributed by atoms with Crippen molar-refractivity contribution >= 4 is 47.0 Å². The van der Waals surface area contributed by atoms with E-state index in [0.717, 1.165) is 55.6 Å². The molecule has 1 fully saturated rings. The predicted molar refractivity (Wildman–Crippen MR) is 136 cm³/mol. The van der Waals surface area contributed by atoms with Gasteiger partial charge in [-0.05, 0) is 55.8 Å². The van der Waals surface area contributed by atoms with Gasteiger partial charge in [0.05, 0.1) is 21.8 Å². The summed E-state index contributed by atoms with van der Waals surface area (Å²) in [6, 6.07) is 14.1. The van der Waals surface area contributed by atoms with Crippen LogP contribution < -0.4 is 15.5 Å². The molecule has 1 aromatic carbocycles. The second kappa shape index (κ2) is 11.7. The molecule has 8 nitrogen and oxygen atoms in total. The molecule has 9 heteroatoms. The van der Waals surface area contributed by atoms with E-state index < -0.39 is 5.91 Å². The van der Waals surface area contributed by atoms with E-state index in [1.807, 2.05) is 18.2 Å². The molecule has 3 aromatic rings. The topological polar surface area (TPSA) is 100 Å². The number of pyridine rings is 1. The Morgan fingerprint density at radius 2 is 1.97 bits per heavy atom. The molecule has 1 aliphatic rings. The summed E-state index contributed by atoms with van der Waals surface area (Å²) in [5.74, 6) is 0.821. The molecule has 4 rings (SSSR count). The Morgan fingerprint density at radius 3 is 2.76 bits per heavy atom. The molecule has 3 heterocycles. The number of anilines is 1. The fraction of sp³-hybridized carbons (Fsp3) is 0.320. The number of carbonyl (C=O) groups is 2. The summed E-state index contributed by atoms with van der Waals surface area (Å²) in [7, 11) is 0. The lowest BCUT2D eigenvalue weighted by Gasteiger charge is -2.32. The van der Waals surface area contributed by atoms with Crippen LogP contribution in [0.4, 0.5) is 5.95 Å². The Hall–Kier alpha value is -3.30. The standard InChI is InChI=1S/C25H28N6O2S/c1-34-23(24(33)28-17-32)14-20-8-11-27-25(30-20)31-12-9-18(10-13-31)15-26-16-21-7-6-19-4-2-3-5-22(19)29-21/h2-8,11,14,17-18,26H,9-10,12-13,15-16H2,1H3,(H,28,32,33)/b23-14-. The number of amides is 2. The number of rotatable bonds is 9. The van der Waals surface area contributed by atoms with Gasteiger partial charge in [-0.1, -0.05) is 24.3 Å². The van der Waals surface area contributed by atoms with Crippen LogP contribution in [0.25, 0.3) is 17.0 Å². The zero-order valence-electron chi connectivity index (χ0n) is 19.1. The van der Waals surface area contributed by atoms with E-state index in [1.54, 1.807) is 24.6 Å². The molecule has 1 aliphatic heterocycles. The van der Waals surface area contributed by atoms with Crippen molar-refractivity contribution in [3.8, 4) is 0 Å². The highest BCUT2D eigenvalue weighted by Gasteiger charge is 2.21. The first-order chi connectivity index (χ1) is 16.7. The van der Waals surface area contributed by atoms with Crippen molar-refractivity contribution in [2.24, 2.45) is 5.92 Å². The molecule has 2 amide bonds. The Balaban J connectivity index is 1.28. The normalized spacial score (nSPS) is 14.9. The van der Waals surface area contributed by atoms with Crippen molar-refractivity contribution in [2.75, 3.05) is 30.8 Å². The maximum Gasteiger partial charge on any atom is 0.264 e. The van der Waals surface area contributed by atoms with Crippen molar-refractivity contribution in [2.45, 2.75) is 19.4 Å². The van der Waals surface area contributed by atoms with E-state index in [9.17, 15) is 9.59 Å². The lowest BCUT2D eigenvalue weighted by molar-refractivity contribution is -0.121. The van der Waals surface area contributed by atoms with Gasteiger partial charge in [-0.2, -0.15) is 0 Å². The molecule has 0 spiro atoms. The molecule has 34 heavy (non-hydrogen) atoms. The fourth-order valence-electron chi connectivity index (χ4n) is 4.02. The Bertz CT molecular complexity index is 1180. The number of piperidine rings is 1. The molecule has 2 aromatic heterocycles. The number of thioether (sulfide) groups is 1. The van der Waals surface area contributed by atoms with E-state index in [1.165, 1.54) is 11.8 Å². The number of nitrogens with one attached hydrogen (secondary N) is 2. The first-order valence-corrected chi connectivity index (χ1v) is 12.5. The molecule has 0 unspecified atom stereocenters. The largest absolute Gasteiger partial charge is 0.341 e. The van der Waals surface area contributed by atoms with Gasteiger partial charge in [0.2, 0.25) is 12.4 Å². The fourth-order valence-corrected chi connectivity index (χ4v) is 4.50. The number of hydrogen-bond acceptors (Lipinski definition) is 8. The number of fused-ring (bicyclic) bond motifs is 1. The van der Waals surface area contributed by atoms with Gasteiger partial charge < -0.3 is 10.2 Å². The summed E-state index contributed by atoms with van der Waals surface area (Å²) >= 11 is 1.27. The lowest BCUT2D eigenvalue weighted by Crippen LogP contribution is -2.38. The van der Waals surface area contributed by atoms with Crippen LogP contribution in [0.3, 0.4) is 0 Å². The summed E-state index contributed by atoms with van der Waals surface area (Å²) in [5, 5.41) is 6.89. The van der Waals surface area contributed by atoms with E-state index in [-0.39, 0.29) is 0 Å². The molecule has 0 radical (unpaired) electrons. The van der Waals surface area contributed by atoms with Crippen LogP contribution in [-0.4, -0.2) is 53.2 Å². The smallest absolute Gasteiger partial charge is 0.264 e. The number of hydrogen-bond donors (Lipinski definition) is 2. The molecule has 0 aliphatic carbocycles. The number of benzene rings is 1. The van der Waals surface area contributed by atoms with Crippen LogP contribution >= 0.6 is 11.8 Å². The maximum atomic E-state index is 11.9. The number of nitrogens with zero attached hydrogens (tertiary/aromatic N) is 4. The summed E-state index contributed by atoms with van der Waals surface area (Å²) in [6.45, 7) is 3.48. The minimum Gasteiger partial charge on any atom is -0.341 e. The van der Waals surface area contributed by atoms with Crippen LogP contribution in [0, 0.1) is 5.92 Å². The quantitative estimate of drug-likeness (QED) is 0.359. The molecule has 1 saturated heterocycles.